The van der Waals surface area contributed by atoms with Gasteiger partial charge in [0.25, 0.3) is 10.0 Å². The number of aromatic amines is 1. The van der Waals surface area contributed by atoms with Crippen LogP contribution in [0.4, 0.5) is 0 Å². The molecule has 9 heteroatoms. The molecule has 0 saturated carbocycles. The average molecular weight is 366 g/mol. The second-order valence-corrected chi connectivity index (χ2v) is 7.18. The highest BCUT2D eigenvalue weighted by molar-refractivity contribution is 7.89. The van der Waals surface area contributed by atoms with E-state index in [2.05, 4.69) is 20.4 Å². The molecular formula is C17H14N6O2S. The van der Waals surface area contributed by atoms with E-state index in [1.165, 1.54) is 0 Å². The van der Waals surface area contributed by atoms with Gasteiger partial charge in [0.15, 0.2) is 5.03 Å². The van der Waals surface area contributed by atoms with E-state index in [4.69, 9.17) is 5.84 Å². The van der Waals surface area contributed by atoms with Crippen molar-refractivity contribution in [3.05, 3.63) is 60.7 Å². The molecule has 8 nitrogen and oxygen atoms in total. The van der Waals surface area contributed by atoms with E-state index in [-0.39, 0.29) is 10.7 Å². The highest BCUT2D eigenvalue weighted by atomic mass is 32.2. The van der Waals surface area contributed by atoms with Gasteiger partial charge in [-0.05, 0) is 5.56 Å². The fourth-order valence-corrected chi connectivity index (χ4v) is 3.56. The summed E-state index contributed by atoms with van der Waals surface area (Å²) < 4.78 is 24.7. The van der Waals surface area contributed by atoms with Crippen LogP contribution in [0.2, 0.25) is 0 Å². The van der Waals surface area contributed by atoms with Gasteiger partial charge in [-0.25, -0.2) is 8.42 Å². The zero-order valence-corrected chi connectivity index (χ0v) is 14.2. The summed E-state index contributed by atoms with van der Waals surface area (Å²) in [5, 5.41) is 15.1. The highest BCUT2D eigenvalue weighted by Gasteiger charge is 2.25. The van der Waals surface area contributed by atoms with Gasteiger partial charge in [0.2, 0.25) is 5.65 Å². The average Bonchev–Trinajstić information content (AvgIpc) is 3.13. The lowest BCUT2D eigenvalue weighted by molar-refractivity contribution is 0.581. The van der Waals surface area contributed by atoms with Crippen LogP contribution in [-0.2, 0) is 10.0 Å². The first kappa shape index (κ1) is 16.3. The summed E-state index contributed by atoms with van der Waals surface area (Å²) in [6.07, 6.45) is 0. The van der Waals surface area contributed by atoms with Gasteiger partial charge >= 0.3 is 0 Å². The molecule has 0 aliphatic carbocycles. The highest BCUT2D eigenvalue weighted by Crippen LogP contribution is 2.37. The Bertz CT molecular complexity index is 1170. The third-order valence-corrected chi connectivity index (χ3v) is 5.12. The summed E-state index contributed by atoms with van der Waals surface area (Å²) in [5.74, 6) is 5.20. The molecule has 0 saturated heterocycles. The van der Waals surface area contributed by atoms with Crippen LogP contribution in [0.3, 0.4) is 0 Å². The Morgan fingerprint density at radius 3 is 2.12 bits per heavy atom. The van der Waals surface area contributed by atoms with Crippen LogP contribution in [0.15, 0.2) is 65.7 Å². The number of hydrazine groups is 1. The van der Waals surface area contributed by atoms with Crippen molar-refractivity contribution in [3.8, 4) is 22.4 Å². The number of nitrogens with two attached hydrogens (primary N) is 1. The molecule has 26 heavy (non-hydrogen) atoms. The lowest BCUT2D eigenvalue weighted by Gasteiger charge is -2.11. The molecule has 0 fully saturated rings. The zero-order chi connectivity index (χ0) is 18.1. The third-order valence-electron chi connectivity index (χ3n) is 3.98. The van der Waals surface area contributed by atoms with Crippen LogP contribution in [0.25, 0.3) is 33.4 Å². The number of aromatic nitrogens is 4. The van der Waals surface area contributed by atoms with Crippen molar-refractivity contribution in [2.75, 3.05) is 0 Å². The molecule has 0 unspecified atom stereocenters. The topological polar surface area (TPSA) is 127 Å². The molecule has 2 aromatic heterocycles. The maximum atomic E-state index is 12.4. The summed E-state index contributed by atoms with van der Waals surface area (Å²) in [4.78, 5) is 1.83. The van der Waals surface area contributed by atoms with Crippen LogP contribution in [0.5, 0.6) is 0 Å². The standard InChI is InChI=1S/C17H14N6O2S/c18-23-26(24,25)17-14-13(11-7-3-1-4-8-11)15(12-9-5-2-6-10-12)19-20-16(14)21-22-17/h1-10,23H,18H2,(H,20,21,22). The van der Waals surface area contributed by atoms with Gasteiger partial charge in [-0.1, -0.05) is 60.7 Å². The molecule has 0 bridgehead atoms. The van der Waals surface area contributed by atoms with Gasteiger partial charge in [0.1, 0.15) is 5.69 Å². The summed E-state index contributed by atoms with van der Waals surface area (Å²) in [7, 11) is -3.97. The van der Waals surface area contributed by atoms with Crippen LogP contribution in [-0.4, -0.2) is 28.8 Å². The monoisotopic (exact) mass is 366 g/mol. The maximum Gasteiger partial charge on any atom is 0.270 e. The molecule has 0 atom stereocenters. The number of hydrogen-bond acceptors (Lipinski definition) is 6. The number of fused-ring (bicyclic) bond motifs is 1. The fraction of sp³-hybridized carbons (Fsp3) is 0. The van der Waals surface area contributed by atoms with Gasteiger partial charge in [-0.3, -0.25) is 10.9 Å². The second kappa shape index (κ2) is 6.30. The van der Waals surface area contributed by atoms with Crippen molar-refractivity contribution >= 4 is 21.1 Å². The maximum absolute atomic E-state index is 12.4. The van der Waals surface area contributed by atoms with Crippen LogP contribution < -0.4 is 10.7 Å². The predicted octanol–water partition coefficient (Wildman–Crippen LogP) is 1.84. The Morgan fingerprint density at radius 1 is 0.885 bits per heavy atom. The quantitative estimate of drug-likeness (QED) is 0.374. The van der Waals surface area contributed by atoms with E-state index >= 15 is 0 Å². The number of benzene rings is 2. The molecular weight excluding hydrogens is 352 g/mol. The van der Waals surface area contributed by atoms with Crippen LogP contribution >= 0.6 is 0 Å². The van der Waals surface area contributed by atoms with Crippen molar-refractivity contribution in [1.82, 2.24) is 25.2 Å². The SMILES string of the molecule is NNS(=O)(=O)c1[nH]nc2nnc(-c3ccccc3)c(-c3ccccc3)c12. The van der Waals surface area contributed by atoms with E-state index in [1.54, 1.807) is 0 Å². The van der Waals surface area contributed by atoms with Crippen LogP contribution in [0, 0.1) is 0 Å². The van der Waals surface area contributed by atoms with Crippen LogP contribution in [0.1, 0.15) is 0 Å². The van der Waals surface area contributed by atoms with Gasteiger partial charge in [0, 0.05) is 11.1 Å². The Balaban J connectivity index is 2.15. The molecule has 0 aliphatic heterocycles. The molecule has 4 rings (SSSR count). The van der Waals surface area contributed by atoms with Gasteiger partial charge in [-0.2, -0.15) is 5.10 Å². The first-order valence-electron chi connectivity index (χ1n) is 7.70. The largest absolute Gasteiger partial charge is 0.270 e. The summed E-state index contributed by atoms with van der Waals surface area (Å²) in [6.45, 7) is 0. The zero-order valence-electron chi connectivity index (χ0n) is 13.4. The van der Waals surface area contributed by atoms with Gasteiger partial charge in [0.05, 0.1) is 5.39 Å². The van der Waals surface area contributed by atoms with Crippen molar-refractivity contribution in [3.63, 3.8) is 0 Å². The minimum atomic E-state index is -3.97. The molecule has 2 heterocycles. The number of nitrogens with zero attached hydrogens (tertiary/aromatic N) is 3. The smallest absolute Gasteiger partial charge is 0.263 e. The number of rotatable bonds is 4. The number of nitrogens with one attached hydrogen (secondary N) is 2. The molecule has 4 N–H and O–H groups in total. The molecule has 0 amide bonds. The van der Waals surface area contributed by atoms with Crippen molar-refractivity contribution in [1.29, 1.82) is 0 Å². The van der Waals surface area contributed by atoms with E-state index in [9.17, 15) is 8.42 Å². The fourth-order valence-electron chi connectivity index (χ4n) is 2.82. The lowest BCUT2D eigenvalue weighted by atomic mass is 9.98. The first-order valence-corrected chi connectivity index (χ1v) is 9.18. The Labute approximate surface area is 149 Å². The minimum Gasteiger partial charge on any atom is -0.263 e. The predicted molar refractivity (Wildman–Crippen MR) is 97.1 cm³/mol. The molecule has 0 radical (unpaired) electrons. The van der Waals surface area contributed by atoms with E-state index < -0.39 is 10.0 Å². The van der Waals surface area contributed by atoms with Crippen molar-refractivity contribution < 1.29 is 8.42 Å². The Hall–Kier alpha value is -3.14. The normalized spacial score (nSPS) is 11.7. The van der Waals surface area contributed by atoms with E-state index in [0.717, 1.165) is 11.1 Å². The number of hydrogen-bond donors (Lipinski definition) is 3. The van der Waals surface area contributed by atoms with Crippen molar-refractivity contribution in [2.24, 2.45) is 5.84 Å². The number of H-pyrrole nitrogens is 1. The van der Waals surface area contributed by atoms with Crippen molar-refractivity contribution in [2.45, 2.75) is 5.03 Å². The van der Waals surface area contributed by atoms with E-state index in [0.29, 0.717) is 16.6 Å². The van der Waals surface area contributed by atoms with E-state index in [1.807, 2.05) is 65.5 Å². The molecule has 130 valence electrons. The summed E-state index contributed by atoms with van der Waals surface area (Å²) in [5.41, 5.74) is 2.97. The van der Waals surface area contributed by atoms with Gasteiger partial charge in [-0.15, -0.1) is 15.0 Å². The molecule has 0 aliphatic rings. The Morgan fingerprint density at radius 2 is 1.50 bits per heavy atom. The molecule has 0 spiro atoms. The summed E-state index contributed by atoms with van der Waals surface area (Å²) >= 11 is 0. The molecule has 2 aromatic carbocycles. The second-order valence-electron chi connectivity index (χ2n) is 5.53. The Kier molecular flexibility index (Phi) is 3.96. The minimum absolute atomic E-state index is 0.152. The van der Waals surface area contributed by atoms with Gasteiger partial charge < -0.3 is 0 Å². The third kappa shape index (κ3) is 2.64. The summed E-state index contributed by atoms with van der Waals surface area (Å²) in [6, 6.07) is 18.8. The first-order chi connectivity index (χ1) is 12.6. The number of sulfonamides is 1. The molecule has 4 aromatic rings. The lowest BCUT2D eigenvalue weighted by Crippen LogP contribution is -2.30.